The number of aryl methyl sites for hydroxylation is 2. The van der Waals surface area contributed by atoms with Gasteiger partial charge >= 0.3 is 0 Å². The van der Waals surface area contributed by atoms with Gasteiger partial charge in [-0.3, -0.25) is 9.44 Å². The summed E-state index contributed by atoms with van der Waals surface area (Å²) in [6, 6.07) is 16.9. The van der Waals surface area contributed by atoms with Crippen molar-refractivity contribution in [2.24, 2.45) is 0 Å². The summed E-state index contributed by atoms with van der Waals surface area (Å²) in [5, 5.41) is 8.95. The third-order valence-electron chi connectivity index (χ3n) is 4.71. The lowest BCUT2D eigenvalue weighted by atomic mass is 10.2. The van der Waals surface area contributed by atoms with Crippen molar-refractivity contribution < 1.29 is 26.7 Å². The summed E-state index contributed by atoms with van der Waals surface area (Å²) in [5.74, 6) is 0.323. The van der Waals surface area contributed by atoms with Gasteiger partial charge in [-0.05, 0) is 50.2 Å². The third kappa shape index (κ3) is 6.47. The molecule has 0 saturated carbocycles. The Morgan fingerprint density at radius 1 is 0.727 bits per heavy atom. The predicted octanol–water partition coefficient (Wildman–Crippen LogP) is 3.67. The van der Waals surface area contributed by atoms with Gasteiger partial charge in [0.1, 0.15) is 5.75 Å². The lowest BCUT2D eigenvalue weighted by molar-refractivity contribution is 0.233. The average Bonchev–Trinajstić information content (AvgIpc) is 2.76. The SMILES string of the molecule is Cc1ccc(S(=O)(=O)Nc2ccc(OCCCO)cc2NS(=O)(=O)c2ccc(C)cc2)cc1. The van der Waals surface area contributed by atoms with E-state index < -0.39 is 20.0 Å². The van der Waals surface area contributed by atoms with Gasteiger partial charge in [-0.25, -0.2) is 16.8 Å². The van der Waals surface area contributed by atoms with Gasteiger partial charge in [0.05, 0.1) is 27.8 Å². The highest BCUT2D eigenvalue weighted by atomic mass is 32.2. The maximum atomic E-state index is 12.9. The molecule has 0 aliphatic rings. The molecule has 3 rings (SSSR count). The van der Waals surface area contributed by atoms with Gasteiger partial charge < -0.3 is 9.84 Å². The number of benzene rings is 3. The third-order valence-corrected chi connectivity index (χ3v) is 7.48. The highest BCUT2D eigenvalue weighted by Crippen LogP contribution is 2.31. The topological polar surface area (TPSA) is 122 Å². The number of anilines is 2. The number of aliphatic hydroxyl groups is 1. The second-order valence-electron chi connectivity index (χ2n) is 7.47. The fraction of sp³-hybridized carbons (Fsp3) is 0.217. The van der Waals surface area contributed by atoms with E-state index in [1.54, 1.807) is 24.3 Å². The minimum Gasteiger partial charge on any atom is -0.493 e. The van der Waals surface area contributed by atoms with Crippen molar-refractivity contribution in [1.82, 2.24) is 0 Å². The number of sulfonamides is 2. The van der Waals surface area contributed by atoms with Gasteiger partial charge in [0.15, 0.2) is 0 Å². The number of rotatable bonds is 10. The fourth-order valence-corrected chi connectivity index (χ4v) is 5.03. The van der Waals surface area contributed by atoms with E-state index in [1.165, 1.54) is 42.5 Å². The Morgan fingerprint density at radius 3 is 1.70 bits per heavy atom. The zero-order valence-electron chi connectivity index (χ0n) is 18.3. The second-order valence-corrected chi connectivity index (χ2v) is 10.8. The number of ether oxygens (including phenoxy) is 1. The molecule has 3 aromatic carbocycles. The molecule has 0 aromatic heterocycles. The molecular formula is C23H26N2O6S2. The minimum atomic E-state index is -4.00. The van der Waals surface area contributed by atoms with Crippen LogP contribution in [0, 0.1) is 13.8 Å². The summed E-state index contributed by atoms with van der Waals surface area (Å²) in [4.78, 5) is 0.0794. The van der Waals surface area contributed by atoms with Crippen molar-refractivity contribution in [3.63, 3.8) is 0 Å². The maximum absolute atomic E-state index is 12.9. The molecule has 33 heavy (non-hydrogen) atoms. The molecule has 0 saturated heterocycles. The fourth-order valence-electron chi connectivity index (χ4n) is 2.88. The van der Waals surface area contributed by atoms with Crippen LogP contribution in [0.1, 0.15) is 17.5 Å². The zero-order chi connectivity index (χ0) is 24.1. The number of hydrogen-bond donors (Lipinski definition) is 3. The highest BCUT2D eigenvalue weighted by Gasteiger charge is 2.20. The van der Waals surface area contributed by atoms with Crippen LogP contribution in [-0.2, 0) is 20.0 Å². The maximum Gasteiger partial charge on any atom is 0.261 e. The van der Waals surface area contributed by atoms with E-state index in [-0.39, 0.29) is 34.4 Å². The molecule has 0 bridgehead atoms. The lowest BCUT2D eigenvalue weighted by Gasteiger charge is -2.16. The van der Waals surface area contributed by atoms with E-state index in [0.29, 0.717) is 12.2 Å². The zero-order valence-corrected chi connectivity index (χ0v) is 19.9. The Bertz CT molecular complexity index is 1300. The number of hydrogen-bond acceptors (Lipinski definition) is 6. The van der Waals surface area contributed by atoms with Crippen molar-refractivity contribution in [2.75, 3.05) is 22.7 Å². The molecule has 3 aromatic rings. The van der Waals surface area contributed by atoms with Crippen LogP contribution in [0.15, 0.2) is 76.5 Å². The Morgan fingerprint density at radius 2 is 1.21 bits per heavy atom. The molecule has 0 heterocycles. The molecule has 3 N–H and O–H groups in total. The highest BCUT2D eigenvalue weighted by molar-refractivity contribution is 7.93. The van der Waals surface area contributed by atoms with Gasteiger partial charge in [-0.15, -0.1) is 0 Å². The largest absolute Gasteiger partial charge is 0.493 e. The van der Waals surface area contributed by atoms with Gasteiger partial charge in [0.2, 0.25) is 0 Å². The van der Waals surface area contributed by atoms with Crippen molar-refractivity contribution >= 4 is 31.4 Å². The first-order valence-corrected chi connectivity index (χ1v) is 13.1. The van der Waals surface area contributed by atoms with Crippen LogP contribution in [-0.4, -0.2) is 35.2 Å². The molecule has 0 aliphatic carbocycles. The normalized spacial score (nSPS) is 11.7. The molecule has 0 radical (unpaired) electrons. The summed E-state index contributed by atoms with van der Waals surface area (Å²) >= 11 is 0. The first kappa shape index (κ1) is 24.6. The molecule has 0 amide bonds. The standard InChI is InChI=1S/C23H26N2O6S2/c1-17-4-9-20(10-5-17)32(27,28)24-22-13-8-19(31-15-3-14-26)16-23(22)25-33(29,30)21-11-6-18(2)7-12-21/h4-13,16,24-26H,3,14-15H2,1-2H3. The smallest absolute Gasteiger partial charge is 0.261 e. The quantitative estimate of drug-likeness (QED) is 0.373. The monoisotopic (exact) mass is 490 g/mol. The van der Waals surface area contributed by atoms with Crippen LogP contribution in [0.5, 0.6) is 5.75 Å². The molecule has 0 fully saturated rings. The molecule has 10 heteroatoms. The number of nitrogens with one attached hydrogen (secondary N) is 2. The lowest BCUT2D eigenvalue weighted by Crippen LogP contribution is -2.18. The van der Waals surface area contributed by atoms with Crippen molar-refractivity contribution in [3.05, 3.63) is 77.9 Å². The predicted molar refractivity (Wildman–Crippen MR) is 128 cm³/mol. The van der Waals surface area contributed by atoms with Crippen LogP contribution in [0.4, 0.5) is 11.4 Å². The Labute approximate surface area is 194 Å². The molecule has 0 spiro atoms. The Hall–Kier alpha value is -3.08. The van der Waals surface area contributed by atoms with Crippen LogP contribution in [0.3, 0.4) is 0 Å². The minimum absolute atomic E-state index is 0.00719. The summed E-state index contributed by atoms with van der Waals surface area (Å²) in [6.45, 7) is 3.85. The molecule has 0 atom stereocenters. The average molecular weight is 491 g/mol. The van der Waals surface area contributed by atoms with E-state index in [1.807, 2.05) is 13.8 Å². The number of aliphatic hydroxyl groups excluding tert-OH is 1. The van der Waals surface area contributed by atoms with Crippen LogP contribution >= 0.6 is 0 Å². The Kier molecular flexibility index (Phi) is 7.62. The summed E-state index contributed by atoms with van der Waals surface area (Å²) in [6.07, 6.45) is 0.395. The van der Waals surface area contributed by atoms with Gasteiger partial charge in [-0.2, -0.15) is 0 Å². The van der Waals surface area contributed by atoms with E-state index >= 15 is 0 Å². The first-order valence-electron chi connectivity index (χ1n) is 10.2. The van der Waals surface area contributed by atoms with Crippen LogP contribution < -0.4 is 14.2 Å². The molecule has 176 valence electrons. The molecule has 0 unspecified atom stereocenters. The second kappa shape index (κ2) is 10.2. The molecular weight excluding hydrogens is 464 g/mol. The summed E-state index contributed by atoms with van der Waals surface area (Å²) in [5.41, 5.74) is 1.86. The van der Waals surface area contributed by atoms with E-state index in [0.717, 1.165) is 11.1 Å². The van der Waals surface area contributed by atoms with Crippen LogP contribution in [0.2, 0.25) is 0 Å². The van der Waals surface area contributed by atoms with Gasteiger partial charge in [0.25, 0.3) is 20.0 Å². The van der Waals surface area contributed by atoms with E-state index in [9.17, 15) is 16.8 Å². The molecule has 0 aliphatic heterocycles. The van der Waals surface area contributed by atoms with Crippen molar-refractivity contribution in [3.8, 4) is 5.75 Å². The van der Waals surface area contributed by atoms with E-state index in [4.69, 9.17) is 9.84 Å². The first-order chi connectivity index (χ1) is 15.6. The van der Waals surface area contributed by atoms with Crippen molar-refractivity contribution in [1.29, 1.82) is 0 Å². The van der Waals surface area contributed by atoms with Crippen molar-refractivity contribution in [2.45, 2.75) is 30.1 Å². The Balaban J connectivity index is 1.97. The molecule has 8 nitrogen and oxygen atoms in total. The van der Waals surface area contributed by atoms with E-state index in [2.05, 4.69) is 9.44 Å². The summed E-state index contributed by atoms with van der Waals surface area (Å²) < 4.78 is 62.1. The van der Waals surface area contributed by atoms with Crippen LogP contribution in [0.25, 0.3) is 0 Å². The van der Waals surface area contributed by atoms with Gasteiger partial charge in [0, 0.05) is 19.1 Å². The van der Waals surface area contributed by atoms with Gasteiger partial charge in [-0.1, -0.05) is 35.4 Å². The summed E-state index contributed by atoms with van der Waals surface area (Å²) in [7, 11) is -7.97.